The zero-order chi connectivity index (χ0) is 10.9. The van der Waals surface area contributed by atoms with Crippen LogP contribution in [0, 0.1) is 0 Å². The maximum atomic E-state index is 12.1. The average molecular weight is 246 g/mol. The molecule has 78 valence electrons. The average Bonchev–Trinajstić information content (AvgIpc) is 2.01. The molecule has 1 rings (SSSR count). The topological polar surface area (TPSA) is 37.8 Å². The van der Waals surface area contributed by atoms with Crippen molar-refractivity contribution >= 4 is 28.9 Å². The second-order valence-electron chi connectivity index (χ2n) is 2.25. The van der Waals surface area contributed by atoms with Crippen LogP contribution < -0.4 is 5.32 Å². The highest BCUT2D eigenvalue weighted by atomic mass is 35.5. The van der Waals surface area contributed by atoms with E-state index in [4.69, 9.17) is 23.2 Å². The van der Waals surface area contributed by atoms with Gasteiger partial charge >= 0.3 is 6.18 Å². The highest BCUT2D eigenvalue weighted by Crippen LogP contribution is 2.32. The Morgan fingerprint density at radius 1 is 1.14 bits per heavy atom. The van der Waals surface area contributed by atoms with E-state index in [-0.39, 0.29) is 16.0 Å². The fourth-order valence-electron chi connectivity index (χ4n) is 0.741. The zero-order valence-corrected chi connectivity index (χ0v) is 8.30. The van der Waals surface area contributed by atoms with Crippen LogP contribution in [0.3, 0.4) is 0 Å². The molecule has 1 aromatic heterocycles. The summed E-state index contributed by atoms with van der Waals surface area (Å²) >= 11 is 10.9. The minimum atomic E-state index is -4.65. The first-order valence-electron chi connectivity index (χ1n) is 3.34. The summed E-state index contributed by atoms with van der Waals surface area (Å²) in [5, 5.41) is 1.76. The van der Waals surface area contributed by atoms with Gasteiger partial charge in [0.2, 0.25) is 5.82 Å². The van der Waals surface area contributed by atoms with Crippen LogP contribution in [-0.2, 0) is 6.18 Å². The van der Waals surface area contributed by atoms with Crippen molar-refractivity contribution in [1.29, 1.82) is 0 Å². The molecule has 0 aliphatic heterocycles. The Labute approximate surface area is 87.3 Å². The normalized spacial score (nSPS) is 11.6. The third-order valence-corrected chi connectivity index (χ3v) is 1.87. The van der Waals surface area contributed by atoms with Crippen LogP contribution in [0.1, 0.15) is 5.82 Å². The Balaban J connectivity index is 3.28. The van der Waals surface area contributed by atoms with Gasteiger partial charge in [-0.1, -0.05) is 23.2 Å². The summed E-state index contributed by atoms with van der Waals surface area (Å²) < 4.78 is 36.4. The summed E-state index contributed by atoms with van der Waals surface area (Å²) in [7, 11) is 1.45. The number of anilines is 1. The van der Waals surface area contributed by atoms with Crippen LogP contribution in [0.25, 0.3) is 0 Å². The molecular formula is C6H4Cl2F3N3. The maximum absolute atomic E-state index is 12.1. The van der Waals surface area contributed by atoms with Crippen molar-refractivity contribution in [2.45, 2.75) is 6.18 Å². The van der Waals surface area contributed by atoms with Gasteiger partial charge in [0.05, 0.1) is 0 Å². The van der Waals surface area contributed by atoms with Gasteiger partial charge in [0, 0.05) is 7.05 Å². The predicted octanol–water partition coefficient (Wildman–Crippen LogP) is 2.84. The summed E-state index contributed by atoms with van der Waals surface area (Å²) in [6.45, 7) is 0. The van der Waals surface area contributed by atoms with Crippen LogP contribution in [0.4, 0.5) is 18.9 Å². The molecule has 1 aromatic rings. The van der Waals surface area contributed by atoms with E-state index in [0.717, 1.165) is 0 Å². The fraction of sp³-hybridized carbons (Fsp3) is 0.333. The van der Waals surface area contributed by atoms with Crippen LogP contribution in [0.15, 0.2) is 0 Å². The van der Waals surface area contributed by atoms with Gasteiger partial charge in [0.1, 0.15) is 5.69 Å². The first kappa shape index (κ1) is 11.3. The number of halogens is 5. The quantitative estimate of drug-likeness (QED) is 0.774. The van der Waals surface area contributed by atoms with E-state index in [2.05, 4.69) is 15.3 Å². The lowest BCUT2D eigenvalue weighted by Crippen LogP contribution is -2.12. The fourth-order valence-corrected chi connectivity index (χ4v) is 1.32. The minimum Gasteiger partial charge on any atom is -0.383 e. The van der Waals surface area contributed by atoms with E-state index >= 15 is 0 Å². The molecule has 8 heteroatoms. The first-order valence-corrected chi connectivity index (χ1v) is 4.10. The molecule has 14 heavy (non-hydrogen) atoms. The first-order chi connectivity index (χ1) is 6.36. The maximum Gasteiger partial charge on any atom is 0.451 e. The van der Waals surface area contributed by atoms with Crippen LogP contribution in [0.5, 0.6) is 0 Å². The Hall–Kier alpha value is -0.750. The number of nitrogens with zero attached hydrogens (tertiary/aromatic N) is 2. The molecule has 0 bridgehead atoms. The third kappa shape index (κ3) is 2.19. The van der Waals surface area contributed by atoms with Crippen molar-refractivity contribution in [3.05, 3.63) is 16.1 Å². The molecule has 1 N–H and O–H groups in total. The summed E-state index contributed by atoms with van der Waals surface area (Å²) in [5.74, 6) is -1.36. The molecule has 0 atom stereocenters. The lowest BCUT2D eigenvalue weighted by Gasteiger charge is -2.08. The minimum absolute atomic E-state index is 0.0707. The lowest BCUT2D eigenvalue weighted by molar-refractivity contribution is -0.144. The van der Waals surface area contributed by atoms with Gasteiger partial charge in [-0.2, -0.15) is 13.2 Å². The van der Waals surface area contributed by atoms with Crippen molar-refractivity contribution in [1.82, 2.24) is 9.97 Å². The smallest absolute Gasteiger partial charge is 0.383 e. The molecule has 0 radical (unpaired) electrons. The monoisotopic (exact) mass is 245 g/mol. The zero-order valence-electron chi connectivity index (χ0n) is 6.78. The number of aromatic nitrogens is 2. The molecule has 1 heterocycles. The van der Waals surface area contributed by atoms with E-state index in [1.54, 1.807) is 0 Å². The highest BCUT2D eigenvalue weighted by molar-refractivity contribution is 6.37. The second kappa shape index (κ2) is 3.78. The molecule has 0 aliphatic rings. The lowest BCUT2D eigenvalue weighted by atomic mass is 10.5. The molecule has 0 aliphatic carbocycles. The molecule has 0 unspecified atom stereocenters. The number of nitrogens with one attached hydrogen (secondary N) is 1. The van der Waals surface area contributed by atoms with Crippen molar-refractivity contribution in [2.75, 3.05) is 12.4 Å². The SMILES string of the molecule is CNc1c(Cl)nc(C(F)(F)F)nc1Cl. The van der Waals surface area contributed by atoms with Gasteiger partial charge in [-0.3, -0.25) is 0 Å². The predicted molar refractivity (Wildman–Crippen MR) is 46.6 cm³/mol. The van der Waals surface area contributed by atoms with Gasteiger partial charge in [-0.15, -0.1) is 0 Å². The standard InChI is InChI=1S/C6H4Cl2F3N3/c1-12-2-3(7)13-5(6(9,10)11)14-4(2)8/h12H,1H3. The van der Waals surface area contributed by atoms with E-state index in [1.807, 2.05) is 0 Å². The number of alkyl halides is 3. The van der Waals surface area contributed by atoms with Crippen molar-refractivity contribution in [3.8, 4) is 0 Å². The Bertz CT molecular complexity index is 330. The Morgan fingerprint density at radius 2 is 1.57 bits per heavy atom. The molecule has 0 amide bonds. The van der Waals surface area contributed by atoms with E-state index in [9.17, 15) is 13.2 Å². The molecule has 0 spiro atoms. The van der Waals surface area contributed by atoms with Crippen LogP contribution in [-0.4, -0.2) is 17.0 Å². The number of rotatable bonds is 1. The van der Waals surface area contributed by atoms with E-state index < -0.39 is 12.0 Å². The molecule has 3 nitrogen and oxygen atoms in total. The summed E-state index contributed by atoms with van der Waals surface area (Å²) in [6.07, 6.45) is -4.65. The van der Waals surface area contributed by atoms with Gasteiger partial charge in [0.15, 0.2) is 10.3 Å². The summed E-state index contributed by atoms with van der Waals surface area (Å²) in [5.41, 5.74) is 0.0707. The van der Waals surface area contributed by atoms with Crippen LogP contribution in [0.2, 0.25) is 10.3 Å². The van der Waals surface area contributed by atoms with Gasteiger partial charge in [0.25, 0.3) is 0 Å². The highest BCUT2D eigenvalue weighted by Gasteiger charge is 2.36. The molecule has 0 aromatic carbocycles. The van der Waals surface area contributed by atoms with Gasteiger partial charge < -0.3 is 5.32 Å². The van der Waals surface area contributed by atoms with Crippen molar-refractivity contribution in [2.24, 2.45) is 0 Å². The Kier molecular flexibility index (Phi) is 3.06. The molecular weight excluding hydrogens is 242 g/mol. The van der Waals surface area contributed by atoms with Gasteiger partial charge in [-0.05, 0) is 0 Å². The summed E-state index contributed by atoms with van der Waals surface area (Å²) in [6, 6.07) is 0. The molecule has 0 fully saturated rings. The van der Waals surface area contributed by atoms with E-state index in [1.165, 1.54) is 7.05 Å². The number of hydrogen-bond donors (Lipinski definition) is 1. The Morgan fingerprint density at radius 3 is 1.86 bits per heavy atom. The third-order valence-electron chi connectivity index (χ3n) is 1.32. The van der Waals surface area contributed by atoms with E-state index in [0.29, 0.717) is 0 Å². The van der Waals surface area contributed by atoms with Crippen LogP contribution >= 0.6 is 23.2 Å². The largest absolute Gasteiger partial charge is 0.451 e. The van der Waals surface area contributed by atoms with Gasteiger partial charge in [-0.25, -0.2) is 9.97 Å². The number of hydrogen-bond acceptors (Lipinski definition) is 3. The van der Waals surface area contributed by atoms with Crippen molar-refractivity contribution < 1.29 is 13.2 Å². The molecule has 0 saturated heterocycles. The van der Waals surface area contributed by atoms with Crippen molar-refractivity contribution in [3.63, 3.8) is 0 Å². The molecule has 0 saturated carbocycles. The second-order valence-corrected chi connectivity index (χ2v) is 2.97. The summed E-state index contributed by atoms with van der Waals surface area (Å²) in [4.78, 5) is 6.12.